The van der Waals surface area contributed by atoms with Crippen molar-refractivity contribution in [3.63, 3.8) is 0 Å². The Labute approximate surface area is 191 Å². The van der Waals surface area contributed by atoms with Crippen molar-refractivity contribution >= 4 is 29.7 Å². The molecule has 4 heterocycles. The molecule has 32 heavy (non-hydrogen) atoms. The summed E-state index contributed by atoms with van der Waals surface area (Å²) in [6.07, 6.45) is 7.03. The number of carbonyl (C=O) groups is 1. The number of hydrogen-bond donors (Lipinski definition) is 2. The van der Waals surface area contributed by atoms with E-state index in [4.69, 9.17) is 16.6 Å². The Morgan fingerprint density at radius 2 is 2.22 bits per heavy atom. The van der Waals surface area contributed by atoms with E-state index < -0.39 is 0 Å². The van der Waals surface area contributed by atoms with Crippen molar-refractivity contribution in [2.75, 3.05) is 26.2 Å². The van der Waals surface area contributed by atoms with E-state index >= 15 is 0 Å². The number of halogens is 2. The summed E-state index contributed by atoms with van der Waals surface area (Å²) < 4.78 is 13.9. The second-order valence-electron chi connectivity index (χ2n) is 8.65. The molecule has 4 aliphatic rings. The first-order chi connectivity index (χ1) is 15.5. The topological polar surface area (TPSA) is 75.6 Å². The fraction of sp³-hybridized carbons (Fsp3) is 0.500. The van der Waals surface area contributed by atoms with Gasteiger partial charge in [0.15, 0.2) is 6.17 Å². The van der Waals surface area contributed by atoms with Crippen LogP contribution >= 0.6 is 11.6 Å². The van der Waals surface area contributed by atoms with Gasteiger partial charge in [-0.25, -0.2) is 19.2 Å². The highest BCUT2D eigenvalue weighted by Gasteiger charge is 2.37. The second kappa shape index (κ2) is 8.71. The highest BCUT2D eigenvalue weighted by Crippen LogP contribution is 2.37. The monoisotopic (exact) mass is 459 g/mol. The number of amidine groups is 1. The number of piperazine rings is 1. The maximum absolute atomic E-state index is 13.9. The van der Waals surface area contributed by atoms with Gasteiger partial charge in [-0.15, -0.1) is 0 Å². The molecule has 0 aliphatic carbocycles. The number of benzene rings is 1. The first kappa shape index (κ1) is 21.2. The molecule has 2 saturated heterocycles. The lowest BCUT2D eigenvalue weighted by Crippen LogP contribution is -2.57. The van der Waals surface area contributed by atoms with Crippen LogP contribution in [0.1, 0.15) is 31.4 Å². The van der Waals surface area contributed by atoms with E-state index in [1.54, 1.807) is 17.3 Å². The standard InChI is InChI=1S/C22H27ClFN7O/c1-14-13-29(10-7-25-14)22(32)27-18-12-26-31-9-6-20(28-21(18)31)30-8-2-3-19(30)16-11-15(24)4-5-17(16)23/h4-6,9,11-12,14,18-19,21,25H,2-3,7-8,10,13H2,1H3,(H,27,32)/t14-,18?,19+,21?/m0/s1. The highest BCUT2D eigenvalue weighted by atomic mass is 35.5. The van der Waals surface area contributed by atoms with Crippen LogP contribution in [0.25, 0.3) is 0 Å². The van der Waals surface area contributed by atoms with Gasteiger partial charge >= 0.3 is 6.03 Å². The number of urea groups is 1. The fourth-order valence-electron chi connectivity index (χ4n) is 4.81. The van der Waals surface area contributed by atoms with Crippen molar-refractivity contribution in [2.45, 2.75) is 44.1 Å². The summed E-state index contributed by atoms with van der Waals surface area (Å²) in [6.45, 7) is 5.00. The van der Waals surface area contributed by atoms with Gasteiger partial charge < -0.3 is 20.4 Å². The summed E-state index contributed by atoms with van der Waals surface area (Å²) in [7, 11) is 0. The Morgan fingerprint density at radius 1 is 1.34 bits per heavy atom. The molecule has 1 aromatic rings. The van der Waals surface area contributed by atoms with Gasteiger partial charge in [-0.05, 0) is 49.6 Å². The summed E-state index contributed by atoms with van der Waals surface area (Å²) in [5, 5.41) is 13.1. The van der Waals surface area contributed by atoms with Crippen molar-refractivity contribution < 1.29 is 9.18 Å². The molecule has 2 unspecified atom stereocenters. The maximum atomic E-state index is 13.9. The number of hydrazone groups is 1. The van der Waals surface area contributed by atoms with Gasteiger partial charge in [0, 0.05) is 43.4 Å². The minimum Gasteiger partial charge on any atom is -0.350 e. The van der Waals surface area contributed by atoms with Crippen molar-refractivity contribution in [1.82, 2.24) is 25.4 Å². The molecule has 10 heteroatoms. The number of carbonyl (C=O) groups excluding carboxylic acids is 1. The average molecular weight is 460 g/mol. The van der Waals surface area contributed by atoms with Gasteiger partial charge in [0.25, 0.3) is 0 Å². The summed E-state index contributed by atoms with van der Waals surface area (Å²) in [6, 6.07) is 4.30. The van der Waals surface area contributed by atoms with E-state index in [2.05, 4.69) is 27.6 Å². The normalized spacial score (nSPS) is 29.3. The van der Waals surface area contributed by atoms with Crippen molar-refractivity contribution in [2.24, 2.45) is 10.1 Å². The minimum atomic E-state index is -0.344. The Morgan fingerprint density at radius 3 is 3.06 bits per heavy atom. The molecule has 0 radical (unpaired) electrons. The van der Waals surface area contributed by atoms with E-state index in [1.165, 1.54) is 12.1 Å². The van der Waals surface area contributed by atoms with Gasteiger partial charge in [0.2, 0.25) is 0 Å². The van der Waals surface area contributed by atoms with Gasteiger partial charge in [-0.2, -0.15) is 5.10 Å². The molecule has 0 saturated carbocycles. The van der Waals surface area contributed by atoms with E-state index in [1.807, 2.05) is 17.2 Å². The first-order valence-corrected chi connectivity index (χ1v) is 11.5. The van der Waals surface area contributed by atoms with Crippen LogP contribution in [0.3, 0.4) is 0 Å². The molecular weight excluding hydrogens is 433 g/mol. The molecule has 0 bridgehead atoms. The largest absolute Gasteiger partial charge is 0.350 e. The van der Waals surface area contributed by atoms with Crippen LogP contribution < -0.4 is 10.6 Å². The molecule has 8 nitrogen and oxygen atoms in total. The first-order valence-electron chi connectivity index (χ1n) is 11.1. The summed E-state index contributed by atoms with van der Waals surface area (Å²) in [4.78, 5) is 21.7. The van der Waals surface area contributed by atoms with E-state index in [9.17, 15) is 9.18 Å². The van der Waals surface area contributed by atoms with Crippen LogP contribution in [0.2, 0.25) is 5.02 Å². The number of nitrogens with zero attached hydrogens (tertiary/aromatic N) is 5. The number of rotatable bonds is 2. The lowest BCUT2D eigenvalue weighted by atomic mass is 10.0. The summed E-state index contributed by atoms with van der Waals surface area (Å²) in [5.41, 5.74) is 0.781. The fourth-order valence-corrected chi connectivity index (χ4v) is 5.06. The lowest BCUT2D eigenvalue weighted by molar-refractivity contribution is 0.174. The Bertz CT molecular complexity index is 983. The van der Waals surface area contributed by atoms with Crippen LogP contribution in [0.5, 0.6) is 0 Å². The Balaban J connectivity index is 1.32. The smallest absolute Gasteiger partial charge is 0.318 e. The zero-order valence-electron chi connectivity index (χ0n) is 17.9. The third-order valence-electron chi connectivity index (χ3n) is 6.40. The Hall–Kier alpha value is -2.65. The van der Waals surface area contributed by atoms with Gasteiger partial charge in [0.05, 0.1) is 12.3 Å². The van der Waals surface area contributed by atoms with Crippen LogP contribution in [0, 0.1) is 5.82 Å². The number of likely N-dealkylation sites (tertiary alicyclic amines) is 1. The van der Waals surface area contributed by atoms with E-state index in [0.717, 1.165) is 37.3 Å². The zero-order valence-corrected chi connectivity index (χ0v) is 18.7. The molecule has 0 spiro atoms. The van der Waals surface area contributed by atoms with Crippen LogP contribution in [-0.2, 0) is 0 Å². The van der Waals surface area contributed by atoms with Crippen LogP contribution in [0.15, 0.2) is 40.6 Å². The molecule has 4 atom stereocenters. The molecule has 4 aliphatic heterocycles. The maximum Gasteiger partial charge on any atom is 0.318 e. The molecule has 2 fully saturated rings. The van der Waals surface area contributed by atoms with E-state index in [-0.39, 0.29) is 36.1 Å². The predicted molar refractivity (Wildman–Crippen MR) is 122 cm³/mol. The average Bonchev–Trinajstić information content (AvgIpc) is 3.42. The number of amides is 2. The van der Waals surface area contributed by atoms with E-state index in [0.29, 0.717) is 18.1 Å². The molecular formula is C22H27ClFN7O. The summed E-state index contributed by atoms with van der Waals surface area (Å²) in [5.74, 6) is 0.507. The van der Waals surface area contributed by atoms with Crippen LogP contribution in [-0.4, -0.2) is 77.3 Å². The molecule has 2 N–H and O–H groups in total. The molecule has 1 aromatic carbocycles. The molecule has 5 rings (SSSR count). The number of nitrogens with one attached hydrogen (secondary N) is 2. The van der Waals surface area contributed by atoms with Crippen molar-refractivity contribution in [3.8, 4) is 0 Å². The highest BCUT2D eigenvalue weighted by molar-refractivity contribution is 6.31. The quantitative estimate of drug-likeness (QED) is 0.712. The molecule has 170 valence electrons. The van der Waals surface area contributed by atoms with Crippen molar-refractivity contribution in [1.29, 1.82) is 0 Å². The molecule has 2 amide bonds. The predicted octanol–water partition coefficient (Wildman–Crippen LogP) is 2.54. The van der Waals surface area contributed by atoms with Crippen molar-refractivity contribution in [3.05, 3.63) is 46.9 Å². The third kappa shape index (κ3) is 4.06. The van der Waals surface area contributed by atoms with Crippen LogP contribution in [0.4, 0.5) is 9.18 Å². The second-order valence-corrected chi connectivity index (χ2v) is 9.06. The van der Waals surface area contributed by atoms with Gasteiger partial charge in [0.1, 0.15) is 17.7 Å². The Kier molecular flexibility index (Phi) is 5.77. The number of aliphatic imine (C=N–C) groups is 1. The SMILES string of the molecule is C[C@H]1CN(C(=O)NC2C=NN3C=CC(N4CCC[C@@H]4c4cc(F)ccc4Cl)=NC23)CCN1. The number of fused-ring (bicyclic) bond motifs is 1. The minimum absolute atomic E-state index is 0.0362. The number of hydrogen-bond acceptors (Lipinski definition) is 6. The summed E-state index contributed by atoms with van der Waals surface area (Å²) >= 11 is 6.40. The lowest BCUT2D eigenvalue weighted by Gasteiger charge is -2.34. The molecule has 0 aromatic heterocycles. The van der Waals surface area contributed by atoms with Gasteiger partial charge in [-0.3, -0.25) is 0 Å². The zero-order chi connectivity index (χ0) is 22.2. The third-order valence-corrected chi connectivity index (χ3v) is 6.75. The van der Waals surface area contributed by atoms with Gasteiger partial charge in [-0.1, -0.05) is 11.6 Å².